The van der Waals surface area contributed by atoms with Crippen LogP contribution in [0.25, 0.3) is 5.65 Å². The van der Waals surface area contributed by atoms with Gasteiger partial charge in [0, 0.05) is 17.3 Å². The van der Waals surface area contributed by atoms with E-state index in [0.717, 1.165) is 9.58 Å². The number of anilines is 1. The van der Waals surface area contributed by atoms with Crippen molar-refractivity contribution in [3.8, 4) is 5.75 Å². The SMILES string of the molecule is COc1ccccc1NC(=O)Cn1nc2c(Sc3ccc(F)cc3)nccn2c1=O. The lowest BCUT2D eigenvalue weighted by Gasteiger charge is -2.09. The van der Waals surface area contributed by atoms with Crippen molar-refractivity contribution in [3.05, 3.63) is 77.2 Å². The highest BCUT2D eigenvalue weighted by Crippen LogP contribution is 2.28. The van der Waals surface area contributed by atoms with Crippen LogP contribution in [0.5, 0.6) is 5.75 Å². The van der Waals surface area contributed by atoms with Crippen LogP contribution in [0.15, 0.2) is 75.6 Å². The fourth-order valence-electron chi connectivity index (χ4n) is 2.79. The van der Waals surface area contributed by atoms with Crippen molar-refractivity contribution in [2.45, 2.75) is 16.5 Å². The Hall–Kier alpha value is -3.66. The lowest BCUT2D eigenvalue weighted by atomic mass is 10.3. The molecule has 0 spiro atoms. The number of nitrogens with zero attached hydrogens (tertiary/aromatic N) is 4. The lowest BCUT2D eigenvalue weighted by molar-refractivity contribution is -0.117. The van der Waals surface area contributed by atoms with Crippen molar-refractivity contribution in [2.75, 3.05) is 12.4 Å². The van der Waals surface area contributed by atoms with E-state index in [4.69, 9.17) is 4.74 Å². The molecule has 4 rings (SSSR count). The van der Waals surface area contributed by atoms with Gasteiger partial charge < -0.3 is 10.1 Å². The Balaban J connectivity index is 1.59. The summed E-state index contributed by atoms with van der Waals surface area (Å²) in [6, 6.07) is 12.9. The molecule has 0 aliphatic carbocycles. The molecular formula is C20H16FN5O3S. The van der Waals surface area contributed by atoms with E-state index in [0.29, 0.717) is 22.1 Å². The van der Waals surface area contributed by atoms with Gasteiger partial charge in [-0.1, -0.05) is 23.9 Å². The molecule has 2 aromatic carbocycles. The van der Waals surface area contributed by atoms with Crippen LogP contribution in [0.2, 0.25) is 0 Å². The summed E-state index contributed by atoms with van der Waals surface area (Å²) in [4.78, 5) is 30.1. The standard InChI is InChI=1S/C20H16FN5O3S/c1-29-16-5-3-2-4-15(16)23-17(27)12-26-20(28)25-11-10-22-19(18(25)24-26)30-14-8-6-13(21)7-9-14/h2-11H,12H2,1H3,(H,23,27). The predicted molar refractivity (Wildman–Crippen MR) is 109 cm³/mol. The van der Waals surface area contributed by atoms with Gasteiger partial charge in [0.05, 0.1) is 12.8 Å². The Labute approximate surface area is 174 Å². The van der Waals surface area contributed by atoms with Crippen LogP contribution in [0.3, 0.4) is 0 Å². The van der Waals surface area contributed by atoms with E-state index in [2.05, 4.69) is 15.4 Å². The zero-order valence-electron chi connectivity index (χ0n) is 15.8. The first-order valence-corrected chi connectivity index (χ1v) is 9.67. The van der Waals surface area contributed by atoms with E-state index >= 15 is 0 Å². The number of hydrogen-bond donors (Lipinski definition) is 1. The lowest BCUT2D eigenvalue weighted by Crippen LogP contribution is -2.28. The van der Waals surface area contributed by atoms with E-state index in [1.54, 1.807) is 36.4 Å². The smallest absolute Gasteiger partial charge is 0.350 e. The van der Waals surface area contributed by atoms with Gasteiger partial charge in [0.15, 0.2) is 5.65 Å². The molecule has 1 amide bonds. The highest BCUT2D eigenvalue weighted by molar-refractivity contribution is 7.99. The van der Waals surface area contributed by atoms with Crippen molar-refractivity contribution in [3.63, 3.8) is 0 Å². The average molecular weight is 425 g/mol. The maximum absolute atomic E-state index is 13.1. The molecule has 1 N–H and O–H groups in total. The molecule has 0 aliphatic rings. The van der Waals surface area contributed by atoms with E-state index in [9.17, 15) is 14.0 Å². The fourth-order valence-corrected chi connectivity index (χ4v) is 3.63. The minimum absolute atomic E-state index is 0.279. The van der Waals surface area contributed by atoms with Crippen LogP contribution in [0.4, 0.5) is 10.1 Å². The van der Waals surface area contributed by atoms with Gasteiger partial charge in [-0.15, -0.1) is 5.10 Å². The third-order valence-electron chi connectivity index (χ3n) is 4.17. The fraction of sp³-hybridized carbons (Fsp3) is 0.100. The van der Waals surface area contributed by atoms with Gasteiger partial charge >= 0.3 is 5.69 Å². The number of hydrogen-bond acceptors (Lipinski definition) is 6. The molecule has 0 atom stereocenters. The number of carbonyl (C=O) groups excluding carboxylic acids is 1. The minimum Gasteiger partial charge on any atom is -0.495 e. The van der Waals surface area contributed by atoms with Gasteiger partial charge in [0.2, 0.25) is 5.91 Å². The van der Waals surface area contributed by atoms with Crippen molar-refractivity contribution >= 4 is 29.0 Å². The topological polar surface area (TPSA) is 90.5 Å². The summed E-state index contributed by atoms with van der Waals surface area (Å²) >= 11 is 1.24. The van der Waals surface area contributed by atoms with Gasteiger partial charge in [-0.2, -0.15) is 0 Å². The van der Waals surface area contributed by atoms with Crippen molar-refractivity contribution in [1.82, 2.24) is 19.2 Å². The van der Waals surface area contributed by atoms with E-state index in [1.807, 2.05) is 0 Å². The van der Waals surface area contributed by atoms with Crippen LogP contribution >= 0.6 is 11.8 Å². The number of nitrogens with one attached hydrogen (secondary N) is 1. The highest BCUT2D eigenvalue weighted by Gasteiger charge is 2.16. The second kappa shape index (κ2) is 8.37. The molecule has 2 heterocycles. The number of ether oxygens (including phenoxy) is 1. The molecule has 0 fully saturated rings. The molecule has 0 saturated heterocycles. The molecular weight excluding hydrogens is 409 g/mol. The molecule has 0 bridgehead atoms. The number of amides is 1. The van der Waals surface area contributed by atoms with Crippen LogP contribution in [-0.2, 0) is 11.3 Å². The molecule has 0 saturated carbocycles. The average Bonchev–Trinajstić information content (AvgIpc) is 3.06. The van der Waals surface area contributed by atoms with E-state index < -0.39 is 11.6 Å². The minimum atomic E-state index is -0.469. The summed E-state index contributed by atoms with van der Waals surface area (Å²) in [5, 5.41) is 7.44. The van der Waals surface area contributed by atoms with Crippen LogP contribution < -0.4 is 15.7 Å². The van der Waals surface area contributed by atoms with Crippen LogP contribution in [-0.4, -0.2) is 32.2 Å². The number of para-hydroxylation sites is 2. The molecule has 4 aromatic rings. The molecule has 30 heavy (non-hydrogen) atoms. The van der Waals surface area contributed by atoms with Gasteiger partial charge in [0.25, 0.3) is 0 Å². The first-order chi connectivity index (χ1) is 14.5. The normalized spacial score (nSPS) is 10.9. The van der Waals surface area contributed by atoms with Crippen molar-refractivity contribution in [2.24, 2.45) is 0 Å². The number of aromatic nitrogens is 4. The van der Waals surface area contributed by atoms with Gasteiger partial charge in [0.1, 0.15) is 23.1 Å². The third kappa shape index (κ3) is 4.03. The predicted octanol–water partition coefficient (Wildman–Crippen LogP) is 2.83. The molecule has 0 aliphatic heterocycles. The monoisotopic (exact) mass is 425 g/mol. The Morgan fingerprint density at radius 3 is 2.73 bits per heavy atom. The zero-order chi connectivity index (χ0) is 21.1. The maximum Gasteiger partial charge on any atom is 0.350 e. The van der Waals surface area contributed by atoms with Crippen molar-refractivity contribution < 1.29 is 13.9 Å². The number of carbonyl (C=O) groups is 1. The maximum atomic E-state index is 13.1. The molecule has 8 nitrogen and oxygen atoms in total. The summed E-state index contributed by atoms with van der Waals surface area (Å²) in [5.41, 5.74) is 0.335. The van der Waals surface area contributed by atoms with Crippen molar-refractivity contribution in [1.29, 1.82) is 0 Å². The number of rotatable bonds is 6. The third-order valence-corrected chi connectivity index (χ3v) is 5.16. The van der Waals surface area contributed by atoms with Gasteiger partial charge in [-0.25, -0.2) is 23.3 Å². The number of methoxy groups -OCH3 is 1. The Kier molecular flexibility index (Phi) is 5.48. The quantitative estimate of drug-likeness (QED) is 0.511. The molecule has 0 unspecified atom stereocenters. The molecule has 2 aromatic heterocycles. The van der Waals surface area contributed by atoms with Crippen LogP contribution in [0, 0.1) is 5.82 Å². The zero-order valence-corrected chi connectivity index (χ0v) is 16.6. The number of fused-ring (bicyclic) bond motifs is 1. The largest absolute Gasteiger partial charge is 0.495 e. The number of halogens is 1. The number of benzene rings is 2. The Morgan fingerprint density at radius 1 is 1.20 bits per heavy atom. The summed E-state index contributed by atoms with van der Waals surface area (Å²) in [6.07, 6.45) is 2.95. The summed E-state index contributed by atoms with van der Waals surface area (Å²) in [5.74, 6) is -0.256. The van der Waals surface area contributed by atoms with E-state index in [-0.39, 0.29) is 12.4 Å². The van der Waals surface area contributed by atoms with Crippen LogP contribution in [0.1, 0.15) is 0 Å². The Morgan fingerprint density at radius 2 is 1.97 bits per heavy atom. The second-order valence-electron chi connectivity index (χ2n) is 6.17. The second-order valence-corrected chi connectivity index (χ2v) is 7.23. The molecule has 10 heteroatoms. The van der Waals surface area contributed by atoms with E-state index in [1.165, 1.54) is 47.8 Å². The Bertz CT molecular complexity index is 1270. The summed E-state index contributed by atoms with van der Waals surface area (Å²) in [7, 11) is 1.50. The summed E-state index contributed by atoms with van der Waals surface area (Å²) in [6.45, 7) is -0.279. The van der Waals surface area contributed by atoms with Gasteiger partial charge in [-0.3, -0.25) is 4.79 Å². The first kappa shape index (κ1) is 19.6. The highest BCUT2D eigenvalue weighted by atomic mass is 32.2. The first-order valence-electron chi connectivity index (χ1n) is 8.85. The molecule has 152 valence electrons. The summed E-state index contributed by atoms with van der Waals surface area (Å²) < 4.78 is 20.7. The van der Waals surface area contributed by atoms with Gasteiger partial charge in [-0.05, 0) is 36.4 Å². The molecule has 0 radical (unpaired) electrons.